The van der Waals surface area contributed by atoms with Crippen LogP contribution in [-0.2, 0) is 23.8 Å². The lowest BCUT2D eigenvalue weighted by Crippen LogP contribution is -2.25. The van der Waals surface area contributed by atoms with E-state index in [1.807, 2.05) is 0 Å². The number of nitrogens with two attached hydrogens (primary N) is 1. The predicted octanol–water partition coefficient (Wildman–Crippen LogP) is 0.261. The maximum Gasteiger partial charge on any atom is 0.220 e. The minimum absolute atomic E-state index is 0.0308. The quantitative estimate of drug-likeness (QED) is 0.396. The highest BCUT2D eigenvalue weighted by atomic mass is 16.5. The SMILES string of the molecule is CC(=O)CCC(=O)NCCCOCCOCCOCCCN. The van der Waals surface area contributed by atoms with E-state index in [9.17, 15) is 9.59 Å². The monoisotopic (exact) mass is 318 g/mol. The van der Waals surface area contributed by atoms with Gasteiger partial charge in [-0.3, -0.25) is 4.79 Å². The maximum atomic E-state index is 11.3. The molecule has 0 aromatic rings. The predicted molar refractivity (Wildman–Crippen MR) is 83.7 cm³/mol. The highest BCUT2D eigenvalue weighted by Crippen LogP contribution is 1.90. The zero-order valence-electron chi connectivity index (χ0n) is 13.6. The van der Waals surface area contributed by atoms with Crippen LogP contribution in [0.1, 0.15) is 32.6 Å². The molecule has 0 saturated carbocycles. The van der Waals surface area contributed by atoms with Gasteiger partial charge in [-0.15, -0.1) is 0 Å². The lowest BCUT2D eigenvalue weighted by molar-refractivity contribution is -0.124. The van der Waals surface area contributed by atoms with Gasteiger partial charge in [0.1, 0.15) is 5.78 Å². The molecule has 0 spiro atoms. The van der Waals surface area contributed by atoms with Gasteiger partial charge < -0.3 is 30.1 Å². The van der Waals surface area contributed by atoms with E-state index in [1.165, 1.54) is 6.92 Å². The van der Waals surface area contributed by atoms with Crippen molar-refractivity contribution in [2.75, 3.05) is 52.7 Å². The summed E-state index contributed by atoms with van der Waals surface area (Å²) in [5.41, 5.74) is 5.34. The van der Waals surface area contributed by atoms with E-state index in [2.05, 4.69) is 5.32 Å². The van der Waals surface area contributed by atoms with Gasteiger partial charge in [0.2, 0.25) is 5.91 Å². The smallest absolute Gasteiger partial charge is 0.220 e. The van der Waals surface area contributed by atoms with Crippen molar-refractivity contribution < 1.29 is 23.8 Å². The zero-order chi connectivity index (χ0) is 16.5. The van der Waals surface area contributed by atoms with E-state index in [4.69, 9.17) is 19.9 Å². The van der Waals surface area contributed by atoms with Gasteiger partial charge in [-0.1, -0.05) is 0 Å². The first-order valence-electron chi connectivity index (χ1n) is 7.86. The van der Waals surface area contributed by atoms with E-state index in [0.717, 1.165) is 12.8 Å². The third-order valence-corrected chi connectivity index (χ3v) is 2.73. The largest absolute Gasteiger partial charge is 0.379 e. The number of nitrogens with one attached hydrogen (secondary N) is 1. The molecule has 0 aromatic carbocycles. The molecular formula is C15H30N2O5. The molecule has 3 N–H and O–H groups in total. The molecule has 22 heavy (non-hydrogen) atoms. The van der Waals surface area contributed by atoms with Crippen molar-refractivity contribution in [3.8, 4) is 0 Å². The van der Waals surface area contributed by atoms with Gasteiger partial charge in [0.25, 0.3) is 0 Å². The Hall–Kier alpha value is -1.02. The van der Waals surface area contributed by atoms with Crippen LogP contribution in [0.2, 0.25) is 0 Å². The number of hydrogen-bond acceptors (Lipinski definition) is 6. The van der Waals surface area contributed by atoms with Crippen molar-refractivity contribution in [3.63, 3.8) is 0 Å². The number of Topliss-reactive ketones (excluding diaryl/α,β-unsaturated/α-hetero) is 1. The number of hydrogen-bond donors (Lipinski definition) is 2. The molecule has 1 amide bonds. The van der Waals surface area contributed by atoms with E-state index >= 15 is 0 Å². The summed E-state index contributed by atoms with van der Waals surface area (Å²) in [4.78, 5) is 22.0. The van der Waals surface area contributed by atoms with Crippen LogP contribution in [0.15, 0.2) is 0 Å². The Balaban J connectivity index is 3.11. The number of ether oxygens (including phenoxy) is 3. The molecule has 0 aliphatic carbocycles. The third-order valence-electron chi connectivity index (χ3n) is 2.73. The van der Waals surface area contributed by atoms with Crippen molar-refractivity contribution in [1.29, 1.82) is 0 Å². The fourth-order valence-corrected chi connectivity index (χ4v) is 1.51. The summed E-state index contributed by atoms with van der Waals surface area (Å²) in [6.45, 7) is 6.13. The molecule has 0 aliphatic heterocycles. The van der Waals surface area contributed by atoms with E-state index in [-0.39, 0.29) is 18.1 Å². The second-order valence-electron chi connectivity index (χ2n) is 4.88. The molecule has 130 valence electrons. The molecule has 0 aliphatic rings. The highest BCUT2D eigenvalue weighted by Gasteiger charge is 2.02. The van der Waals surface area contributed by atoms with E-state index < -0.39 is 0 Å². The fourth-order valence-electron chi connectivity index (χ4n) is 1.51. The fraction of sp³-hybridized carbons (Fsp3) is 0.867. The van der Waals surface area contributed by atoms with Gasteiger partial charge in [-0.2, -0.15) is 0 Å². The second kappa shape index (κ2) is 16.4. The van der Waals surface area contributed by atoms with Crippen LogP contribution in [0.25, 0.3) is 0 Å². The number of amides is 1. The van der Waals surface area contributed by atoms with Crippen molar-refractivity contribution in [2.24, 2.45) is 5.73 Å². The molecule has 0 heterocycles. The number of ketones is 1. The zero-order valence-corrected chi connectivity index (χ0v) is 13.6. The molecule has 0 fully saturated rings. The molecule has 0 rings (SSSR count). The Morgan fingerprint density at radius 2 is 1.41 bits per heavy atom. The van der Waals surface area contributed by atoms with E-state index in [1.54, 1.807) is 0 Å². The Labute approximate surface area is 132 Å². The first-order chi connectivity index (χ1) is 10.7. The third kappa shape index (κ3) is 17.0. The van der Waals surface area contributed by atoms with Gasteiger partial charge in [-0.05, 0) is 26.3 Å². The summed E-state index contributed by atoms with van der Waals surface area (Å²) in [5, 5.41) is 2.75. The molecule has 0 bridgehead atoms. The molecule has 0 radical (unpaired) electrons. The van der Waals surface area contributed by atoms with Crippen LogP contribution in [0.3, 0.4) is 0 Å². The van der Waals surface area contributed by atoms with Gasteiger partial charge in [0, 0.05) is 32.6 Å². The molecule has 7 heteroatoms. The molecular weight excluding hydrogens is 288 g/mol. The van der Waals surface area contributed by atoms with Crippen LogP contribution < -0.4 is 11.1 Å². The van der Waals surface area contributed by atoms with Gasteiger partial charge >= 0.3 is 0 Å². The summed E-state index contributed by atoms with van der Waals surface area (Å²) in [5.74, 6) is -0.0589. The number of carbonyl (C=O) groups excluding carboxylic acids is 2. The first kappa shape index (κ1) is 21.0. The van der Waals surface area contributed by atoms with Crippen molar-refractivity contribution in [3.05, 3.63) is 0 Å². The maximum absolute atomic E-state index is 11.3. The van der Waals surface area contributed by atoms with Gasteiger partial charge in [-0.25, -0.2) is 0 Å². The van der Waals surface area contributed by atoms with Crippen molar-refractivity contribution in [2.45, 2.75) is 32.6 Å². The lowest BCUT2D eigenvalue weighted by atomic mass is 10.2. The lowest BCUT2D eigenvalue weighted by Gasteiger charge is -2.07. The second-order valence-corrected chi connectivity index (χ2v) is 4.88. The van der Waals surface area contributed by atoms with Crippen LogP contribution in [0, 0.1) is 0 Å². The van der Waals surface area contributed by atoms with Crippen LogP contribution >= 0.6 is 0 Å². The first-order valence-corrected chi connectivity index (χ1v) is 7.86. The standard InChI is InChI=1S/C15H30N2O5/c1-14(18)4-5-15(19)17-7-3-9-21-11-13-22-12-10-20-8-2-6-16/h2-13,16H2,1H3,(H,17,19). The van der Waals surface area contributed by atoms with Crippen molar-refractivity contribution >= 4 is 11.7 Å². The Morgan fingerprint density at radius 1 is 0.864 bits per heavy atom. The van der Waals surface area contributed by atoms with Crippen molar-refractivity contribution in [1.82, 2.24) is 5.32 Å². The van der Waals surface area contributed by atoms with Crippen LogP contribution in [0.5, 0.6) is 0 Å². The normalized spacial score (nSPS) is 10.6. The molecule has 0 saturated heterocycles. The molecule has 0 unspecified atom stereocenters. The minimum atomic E-state index is -0.0897. The number of rotatable bonds is 16. The topological polar surface area (TPSA) is 99.9 Å². The van der Waals surface area contributed by atoms with Gasteiger partial charge in [0.15, 0.2) is 0 Å². The molecule has 0 aromatic heterocycles. The minimum Gasteiger partial charge on any atom is -0.379 e. The van der Waals surface area contributed by atoms with Crippen LogP contribution in [-0.4, -0.2) is 64.4 Å². The summed E-state index contributed by atoms with van der Waals surface area (Å²) in [6, 6.07) is 0. The summed E-state index contributed by atoms with van der Waals surface area (Å²) >= 11 is 0. The Morgan fingerprint density at radius 3 is 1.95 bits per heavy atom. The number of carbonyl (C=O) groups is 2. The summed E-state index contributed by atoms with van der Waals surface area (Å²) in [6.07, 6.45) is 2.18. The average molecular weight is 318 g/mol. The molecule has 0 atom stereocenters. The van der Waals surface area contributed by atoms with Gasteiger partial charge in [0.05, 0.1) is 26.4 Å². The Bertz CT molecular complexity index is 287. The Kier molecular flexibility index (Phi) is 15.6. The summed E-state index contributed by atoms with van der Waals surface area (Å²) < 4.78 is 16.0. The molecule has 7 nitrogen and oxygen atoms in total. The average Bonchev–Trinajstić information content (AvgIpc) is 2.49. The highest BCUT2D eigenvalue weighted by molar-refractivity contribution is 5.83. The summed E-state index contributed by atoms with van der Waals surface area (Å²) in [7, 11) is 0. The van der Waals surface area contributed by atoms with Crippen LogP contribution in [0.4, 0.5) is 0 Å². The van der Waals surface area contributed by atoms with E-state index in [0.29, 0.717) is 59.2 Å².